The Morgan fingerprint density at radius 3 is 2.60 bits per heavy atom. The lowest BCUT2D eigenvalue weighted by Gasteiger charge is -2.27. The lowest BCUT2D eigenvalue weighted by molar-refractivity contribution is -0.777. The number of nitrogen functional groups attached to an aromatic ring is 1. The van der Waals surface area contributed by atoms with Crippen LogP contribution in [0.1, 0.15) is 28.8 Å². The number of hydrogen-bond donors (Lipinski definition) is 3. The van der Waals surface area contributed by atoms with E-state index in [-0.39, 0.29) is 18.4 Å². The van der Waals surface area contributed by atoms with Crippen LogP contribution in [0.2, 0.25) is 0 Å². The summed E-state index contributed by atoms with van der Waals surface area (Å²) in [6.45, 7) is 1.64. The number of benzene rings is 1. The molecule has 2 amide bonds. The van der Waals surface area contributed by atoms with Crippen LogP contribution in [0.4, 0.5) is 5.69 Å². The number of aldehydes is 1. The SMILES string of the molecule is Cc1cc(N)ccc1C(=O)[NH+]([O-])C(CCC=O)C(N)=O. The first-order chi connectivity index (χ1) is 9.38. The van der Waals surface area contributed by atoms with Crippen molar-refractivity contribution >= 4 is 23.8 Å². The summed E-state index contributed by atoms with van der Waals surface area (Å²) < 4.78 is 0. The number of quaternary nitrogens is 1. The van der Waals surface area contributed by atoms with E-state index >= 15 is 0 Å². The molecule has 0 aliphatic rings. The fourth-order valence-corrected chi connectivity index (χ4v) is 1.87. The second-order valence-electron chi connectivity index (χ2n) is 4.47. The summed E-state index contributed by atoms with van der Waals surface area (Å²) in [6, 6.07) is 3.22. The van der Waals surface area contributed by atoms with Gasteiger partial charge in [-0.15, -0.1) is 0 Å². The Balaban J connectivity index is 2.98. The lowest BCUT2D eigenvalue weighted by atomic mass is 10.1. The number of hydroxylamine groups is 2. The average molecular weight is 279 g/mol. The highest BCUT2D eigenvalue weighted by Crippen LogP contribution is 2.11. The molecule has 0 aliphatic heterocycles. The van der Waals surface area contributed by atoms with Crippen molar-refractivity contribution in [3.05, 3.63) is 34.5 Å². The molecule has 0 aliphatic carbocycles. The number of carbonyl (C=O) groups is 3. The standard InChI is InChI=1S/C13H17N3O4/c1-8-7-9(14)4-5-10(8)13(19)16(20)11(12(15)18)3-2-6-17/h4-7,11,16H,2-3,14H2,1H3,(H2,15,18). The van der Waals surface area contributed by atoms with Crippen molar-refractivity contribution < 1.29 is 19.4 Å². The van der Waals surface area contributed by atoms with Gasteiger partial charge in [0.25, 0.3) is 5.91 Å². The Labute approximate surface area is 116 Å². The summed E-state index contributed by atoms with van der Waals surface area (Å²) in [5, 5.41) is 11.1. The molecule has 2 unspecified atom stereocenters. The predicted octanol–water partition coefficient (Wildman–Crippen LogP) is -1.07. The van der Waals surface area contributed by atoms with Crippen LogP contribution in [0, 0.1) is 12.1 Å². The summed E-state index contributed by atoms with van der Waals surface area (Å²) in [5.74, 6) is -1.70. The van der Waals surface area contributed by atoms with E-state index < -0.39 is 22.9 Å². The smallest absolute Gasteiger partial charge is 0.345 e. The van der Waals surface area contributed by atoms with E-state index in [1.807, 2.05) is 0 Å². The molecule has 7 heteroatoms. The number of rotatable bonds is 6. The van der Waals surface area contributed by atoms with Gasteiger partial charge in [0, 0.05) is 18.5 Å². The number of primary amides is 1. The normalized spacial score (nSPS) is 13.5. The minimum Gasteiger partial charge on any atom is -0.626 e. The molecule has 0 radical (unpaired) electrons. The van der Waals surface area contributed by atoms with Gasteiger partial charge in [0.1, 0.15) is 6.29 Å². The topological polar surface area (TPSA) is 131 Å². The van der Waals surface area contributed by atoms with E-state index in [1.165, 1.54) is 12.1 Å². The van der Waals surface area contributed by atoms with Crippen molar-refractivity contribution in [1.82, 2.24) is 0 Å². The fourth-order valence-electron chi connectivity index (χ4n) is 1.87. The molecule has 1 aromatic rings. The minimum absolute atomic E-state index is 0.00660. The Hall–Kier alpha value is -2.25. The van der Waals surface area contributed by atoms with Crippen LogP contribution >= 0.6 is 0 Å². The summed E-state index contributed by atoms with van der Waals surface area (Å²) in [5.41, 5.74) is 11.9. The van der Waals surface area contributed by atoms with Crippen molar-refractivity contribution in [2.45, 2.75) is 25.8 Å². The molecule has 0 spiro atoms. The van der Waals surface area contributed by atoms with Gasteiger partial charge in [0.05, 0.1) is 5.56 Å². The first-order valence-electron chi connectivity index (χ1n) is 6.06. The highest BCUT2D eigenvalue weighted by Gasteiger charge is 2.29. The van der Waals surface area contributed by atoms with E-state index in [4.69, 9.17) is 11.5 Å². The van der Waals surface area contributed by atoms with Gasteiger partial charge in [-0.25, -0.2) is 4.79 Å². The maximum absolute atomic E-state index is 12.1. The van der Waals surface area contributed by atoms with Crippen molar-refractivity contribution in [3.63, 3.8) is 0 Å². The first kappa shape index (κ1) is 15.8. The molecule has 5 N–H and O–H groups in total. The van der Waals surface area contributed by atoms with Gasteiger partial charge in [-0.05, 0) is 30.7 Å². The molecule has 0 fully saturated rings. The van der Waals surface area contributed by atoms with E-state index in [2.05, 4.69) is 0 Å². The monoisotopic (exact) mass is 279 g/mol. The maximum atomic E-state index is 12.1. The van der Waals surface area contributed by atoms with Crippen LogP contribution < -0.4 is 16.5 Å². The Kier molecular flexibility index (Phi) is 5.36. The van der Waals surface area contributed by atoms with Gasteiger partial charge >= 0.3 is 5.91 Å². The van der Waals surface area contributed by atoms with Crippen LogP contribution in [0.15, 0.2) is 18.2 Å². The molecule has 2 atom stereocenters. The molecular weight excluding hydrogens is 262 g/mol. The van der Waals surface area contributed by atoms with Crippen molar-refractivity contribution in [2.24, 2.45) is 5.73 Å². The van der Waals surface area contributed by atoms with Gasteiger partial charge in [-0.1, -0.05) is 0 Å². The van der Waals surface area contributed by atoms with Crippen molar-refractivity contribution in [1.29, 1.82) is 0 Å². The van der Waals surface area contributed by atoms with Crippen LogP contribution in [-0.4, -0.2) is 24.1 Å². The molecule has 108 valence electrons. The summed E-state index contributed by atoms with van der Waals surface area (Å²) in [6.07, 6.45) is 0.507. The number of nitrogens with one attached hydrogen (secondary N) is 1. The van der Waals surface area contributed by atoms with Crippen molar-refractivity contribution in [2.75, 3.05) is 5.73 Å². The number of amides is 2. The van der Waals surface area contributed by atoms with Crippen LogP contribution in [-0.2, 0) is 9.59 Å². The highest BCUT2D eigenvalue weighted by atomic mass is 16.5. The van der Waals surface area contributed by atoms with E-state index in [0.29, 0.717) is 17.5 Å². The third-order valence-electron chi connectivity index (χ3n) is 2.95. The largest absolute Gasteiger partial charge is 0.626 e. The summed E-state index contributed by atoms with van der Waals surface area (Å²) in [4.78, 5) is 33.7. The number of hydrogen-bond acceptors (Lipinski definition) is 5. The molecule has 1 rings (SSSR count). The molecule has 1 aromatic carbocycles. The molecular formula is C13H17N3O4. The van der Waals surface area contributed by atoms with Gasteiger partial charge < -0.3 is 21.5 Å². The second kappa shape index (κ2) is 6.78. The number of carbonyl (C=O) groups excluding carboxylic acids is 3. The van der Waals surface area contributed by atoms with Gasteiger partial charge in [0.2, 0.25) is 0 Å². The molecule has 0 saturated heterocycles. The maximum Gasteiger partial charge on any atom is 0.345 e. The Bertz CT molecular complexity index is 530. The molecule has 7 nitrogen and oxygen atoms in total. The number of nitrogens with two attached hydrogens (primary N) is 2. The average Bonchev–Trinajstić information content (AvgIpc) is 2.37. The summed E-state index contributed by atoms with van der Waals surface area (Å²) >= 11 is 0. The summed E-state index contributed by atoms with van der Waals surface area (Å²) in [7, 11) is 0. The fraction of sp³-hybridized carbons (Fsp3) is 0.308. The number of aryl methyl sites for hydroxylation is 1. The van der Waals surface area contributed by atoms with Crippen LogP contribution in [0.5, 0.6) is 0 Å². The molecule has 0 saturated carbocycles. The Morgan fingerprint density at radius 2 is 2.10 bits per heavy atom. The second-order valence-corrected chi connectivity index (χ2v) is 4.47. The highest BCUT2D eigenvalue weighted by molar-refractivity contribution is 5.91. The molecule has 0 heterocycles. The van der Waals surface area contributed by atoms with Crippen LogP contribution in [0.3, 0.4) is 0 Å². The quantitative estimate of drug-likeness (QED) is 0.347. The zero-order chi connectivity index (χ0) is 15.3. The van der Waals surface area contributed by atoms with Crippen LogP contribution in [0.25, 0.3) is 0 Å². The lowest BCUT2D eigenvalue weighted by Crippen LogP contribution is -3.15. The minimum atomic E-state index is -1.27. The first-order valence-corrected chi connectivity index (χ1v) is 6.06. The van der Waals surface area contributed by atoms with E-state index in [0.717, 1.165) is 0 Å². The molecule has 0 bridgehead atoms. The molecule has 20 heavy (non-hydrogen) atoms. The van der Waals surface area contributed by atoms with Gasteiger partial charge in [0.15, 0.2) is 6.04 Å². The van der Waals surface area contributed by atoms with E-state index in [1.54, 1.807) is 13.0 Å². The Morgan fingerprint density at radius 1 is 1.45 bits per heavy atom. The zero-order valence-corrected chi connectivity index (χ0v) is 11.1. The van der Waals surface area contributed by atoms with Crippen molar-refractivity contribution in [3.8, 4) is 0 Å². The van der Waals surface area contributed by atoms with Gasteiger partial charge in [-0.3, -0.25) is 9.86 Å². The third-order valence-corrected chi connectivity index (χ3v) is 2.95. The zero-order valence-electron chi connectivity index (χ0n) is 11.1. The third kappa shape index (κ3) is 3.62. The number of anilines is 1. The van der Waals surface area contributed by atoms with Gasteiger partial charge in [-0.2, -0.15) is 0 Å². The predicted molar refractivity (Wildman–Crippen MR) is 72.5 cm³/mol. The molecule has 0 aromatic heterocycles. The van der Waals surface area contributed by atoms with E-state index in [9.17, 15) is 19.6 Å².